The van der Waals surface area contributed by atoms with E-state index < -0.39 is 0 Å². The summed E-state index contributed by atoms with van der Waals surface area (Å²) in [6.45, 7) is 1.93. The quantitative estimate of drug-likeness (QED) is 0.678. The van der Waals surface area contributed by atoms with Gasteiger partial charge in [-0.3, -0.25) is 10.1 Å². The van der Waals surface area contributed by atoms with Gasteiger partial charge in [-0.2, -0.15) is 0 Å². The molecule has 0 bridgehead atoms. The average molecular weight is 356 g/mol. The third-order valence-corrected chi connectivity index (χ3v) is 4.71. The fourth-order valence-electron chi connectivity index (χ4n) is 2.46. The Labute approximate surface area is 148 Å². The Morgan fingerprint density at radius 3 is 2.80 bits per heavy atom. The lowest BCUT2D eigenvalue weighted by Crippen LogP contribution is -2.15. The molecule has 1 aliphatic rings. The Balaban J connectivity index is 1.36. The largest absolute Gasteiger partial charge is 0.403 e. The van der Waals surface area contributed by atoms with Gasteiger partial charge in [0.05, 0.1) is 5.75 Å². The summed E-state index contributed by atoms with van der Waals surface area (Å²) in [5.41, 5.74) is 0.804. The lowest BCUT2D eigenvalue weighted by molar-refractivity contribution is -0.113. The van der Waals surface area contributed by atoms with Crippen LogP contribution >= 0.6 is 11.8 Å². The molecule has 1 aromatic carbocycles. The normalized spacial score (nSPS) is 13.8. The average Bonchev–Trinajstić information content (AvgIpc) is 3.23. The SMILES string of the molecule is Cc1nnc(SCC(=O)Nc2nnc(-c3ccccc3)o2)n1C1CC1. The number of carbonyl (C=O) groups excluding carboxylic acids is 1. The van der Waals surface area contributed by atoms with Crippen molar-refractivity contribution in [3.05, 3.63) is 36.2 Å². The summed E-state index contributed by atoms with van der Waals surface area (Å²) in [4.78, 5) is 12.1. The van der Waals surface area contributed by atoms with Crippen LogP contribution in [0.1, 0.15) is 24.7 Å². The lowest BCUT2D eigenvalue weighted by atomic mass is 10.2. The van der Waals surface area contributed by atoms with Gasteiger partial charge in [0.2, 0.25) is 11.8 Å². The summed E-state index contributed by atoms with van der Waals surface area (Å²) in [6, 6.07) is 9.96. The first-order valence-corrected chi connectivity index (χ1v) is 8.92. The van der Waals surface area contributed by atoms with Gasteiger partial charge in [-0.25, -0.2) is 0 Å². The molecule has 0 spiro atoms. The number of thioether (sulfide) groups is 1. The molecule has 8 nitrogen and oxygen atoms in total. The first-order chi connectivity index (χ1) is 12.2. The van der Waals surface area contributed by atoms with Crippen molar-refractivity contribution in [3.8, 4) is 11.5 Å². The van der Waals surface area contributed by atoms with Crippen molar-refractivity contribution in [1.29, 1.82) is 0 Å². The number of hydrogen-bond acceptors (Lipinski definition) is 7. The molecule has 0 radical (unpaired) electrons. The minimum absolute atomic E-state index is 0.0873. The second-order valence-electron chi connectivity index (χ2n) is 5.75. The third-order valence-electron chi connectivity index (χ3n) is 3.77. The summed E-state index contributed by atoms with van der Waals surface area (Å²) >= 11 is 1.35. The molecule has 2 heterocycles. The fraction of sp³-hybridized carbons (Fsp3) is 0.312. The minimum Gasteiger partial charge on any atom is -0.403 e. The van der Waals surface area contributed by atoms with Crippen molar-refractivity contribution in [2.45, 2.75) is 31.0 Å². The molecule has 0 aliphatic heterocycles. The van der Waals surface area contributed by atoms with E-state index in [4.69, 9.17) is 4.42 Å². The smallest absolute Gasteiger partial charge is 0.322 e. The molecule has 0 saturated heterocycles. The van der Waals surface area contributed by atoms with Gasteiger partial charge in [0.25, 0.3) is 0 Å². The highest BCUT2D eigenvalue weighted by Crippen LogP contribution is 2.38. The number of aromatic nitrogens is 5. The molecule has 2 aromatic heterocycles. The second-order valence-corrected chi connectivity index (χ2v) is 6.69. The van der Waals surface area contributed by atoms with E-state index in [0.717, 1.165) is 29.4 Å². The number of nitrogens with one attached hydrogen (secondary N) is 1. The van der Waals surface area contributed by atoms with Crippen LogP contribution in [0.2, 0.25) is 0 Å². The highest BCUT2D eigenvalue weighted by atomic mass is 32.2. The number of carbonyl (C=O) groups is 1. The molecule has 1 amide bonds. The molecular formula is C16H16N6O2S. The Kier molecular flexibility index (Phi) is 4.22. The van der Waals surface area contributed by atoms with Crippen LogP contribution in [-0.4, -0.2) is 36.6 Å². The van der Waals surface area contributed by atoms with E-state index in [2.05, 4.69) is 30.3 Å². The van der Waals surface area contributed by atoms with E-state index in [1.807, 2.05) is 37.3 Å². The summed E-state index contributed by atoms with van der Waals surface area (Å²) in [6.07, 6.45) is 2.28. The van der Waals surface area contributed by atoms with Gasteiger partial charge < -0.3 is 8.98 Å². The van der Waals surface area contributed by atoms with Gasteiger partial charge in [-0.05, 0) is 31.9 Å². The number of hydrogen-bond donors (Lipinski definition) is 1. The molecule has 1 fully saturated rings. The van der Waals surface area contributed by atoms with Crippen LogP contribution in [0.5, 0.6) is 0 Å². The Hall–Kier alpha value is -2.68. The van der Waals surface area contributed by atoms with Crippen LogP contribution < -0.4 is 5.32 Å². The molecular weight excluding hydrogens is 340 g/mol. The van der Waals surface area contributed by atoms with E-state index in [9.17, 15) is 4.79 Å². The maximum absolute atomic E-state index is 12.1. The fourth-order valence-corrected chi connectivity index (χ4v) is 3.31. The van der Waals surface area contributed by atoms with Crippen molar-refractivity contribution in [3.63, 3.8) is 0 Å². The molecule has 1 aliphatic carbocycles. The highest BCUT2D eigenvalue weighted by molar-refractivity contribution is 7.99. The van der Waals surface area contributed by atoms with Crippen molar-refractivity contribution in [1.82, 2.24) is 25.0 Å². The van der Waals surface area contributed by atoms with Gasteiger partial charge in [-0.1, -0.05) is 35.1 Å². The van der Waals surface area contributed by atoms with Crippen LogP contribution in [0, 0.1) is 6.92 Å². The van der Waals surface area contributed by atoms with Gasteiger partial charge >= 0.3 is 6.01 Å². The number of benzene rings is 1. The molecule has 0 unspecified atom stereocenters. The number of rotatable bonds is 6. The summed E-state index contributed by atoms with van der Waals surface area (Å²) < 4.78 is 7.57. The zero-order chi connectivity index (χ0) is 17.2. The third kappa shape index (κ3) is 3.55. The van der Waals surface area contributed by atoms with E-state index >= 15 is 0 Å². The number of anilines is 1. The predicted molar refractivity (Wildman–Crippen MR) is 92.1 cm³/mol. The predicted octanol–water partition coefficient (Wildman–Crippen LogP) is 2.70. The van der Waals surface area contributed by atoms with Crippen LogP contribution in [0.4, 0.5) is 6.01 Å². The number of amides is 1. The van der Waals surface area contributed by atoms with Gasteiger partial charge in [0, 0.05) is 11.6 Å². The molecule has 128 valence electrons. The standard InChI is InChI=1S/C16H16N6O2S/c1-10-18-21-16(22(10)12-7-8-12)25-9-13(23)17-15-20-19-14(24-15)11-5-3-2-4-6-11/h2-6,12H,7-9H2,1H3,(H,17,20,23). The molecule has 25 heavy (non-hydrogen) atoms. The van der Waals surface area contributed by atoms with Gasteiger partial charge in [-0.15, -0.1) is 15.3 Å². The zero-order valence-corrected chi connectivity index (χ0v) is 14.4. The van der Waals surface area contributed by atoms with E-state index in [-0.39, 0.29) is 17.7 Å². The van der Waals surface area contributed by atoms with Crippen LogP contribution in [0.25, 0.3) is 11.5 Å². The van der Waals surface area contributed by atoms with Gasteiger partial charge in [0.15, 0.2) is 5.16 Å². The maximum atomic E-state index is 12.1. The summed E-state index contributed by atoms with van der Waals surface area (Å²) in [7, 11) is 0. The maximum Gasteiger partial charge on any atom is 0.322 e. The van der Waals surface area contributed by atoms with Crippen LogP contribution in [-0.2, 0) is 4.79 Å². The van der Waals surface area contributed by atoms with Crippen molar-refractivity contribution >= 4 is 23.7 Å². The van der Waals surface area contributed by atoms with E-state index in [0.29, 0.717) is 11.9 Å². The first kappa shape index (κ1) is 15.8. The molecule has 9 heteroatoms. The van der Waals surface area contributed by atoms with Crippen LogP contribution in [0.3, 0.4) is 0 Å². The second kappa shape index (κ2) is 6.67. The first-order valence-electron chi connectivity index (χ1n) is 7.94. The molecule has 1 N–H and O–H groups in total. The Morgan fingerprint density at radius 1 is 1.24 bits per heavy atom. The molecule has 1 saturated carbocycles. The molecule has 0 atom stereocenters. The van der Waals surface area contributed by atoms with Crippen molar-refractivity contribution in [2.75, 3.05) is 11.1 Å². The summed E-state index contributed by atoms with van der Waals surface area (Å²) in [5, 5.41) is 19.4. The van der Waals surface area contributed by atoms with Crippen LogP contribution in [0.15, 0.2) is 39.9 Å². The number of nitrogens with zero attached hydrogens (tertiary/aromatic N) is 5. The summed E-state index contributed by atoms with van der Waals surface area (Å²) in [5.74, 6) is 1.23. The molecule has 4 rings (SSSR count). The van der Waals surface area contributed by atoms with E-state index in [1.165, 1.54) is 11.8 Å². The van der Waals surface area contributed by atoms with E-state index in [1.54, 1.807) is 0 Å². The molecule has 3 aromatic rings. The minimum atomic E-state index is -0.226. The lowest BCUT2D eigenvalue weighted by Gasteiger charge is -2.05. The zero-order valence-electron chi connectivity index (χ0n) is 13.5. The topological polar surface area (TPSA) is 98.7 Å². The van der Waals surface area contributed by atoms with Crippen molar-refractivity contribution in [2.24, 2.45) is 0 Å². The highest BCUT2D eigenvalue weighted by Gasteiger charge is 2.28. The Bertz CT molecular complexity index is 887. The van der Waals surface area contributed by atoms with Crippen molar-refractivity contribution < 1.29 is 9.21 Å². The number of aryl methyl sites for hydroxylation is 1. The Morgan fingerprint density at radius 2 is 2.04 bits per heavy atom. The monoisotopic (exact) mass is 356 g/mol. The van der Waals surface area contributed by atoms with Gasteiger partial charge in [0.1, 0.15) is 5.82 Å².